The molecule has 0 radical (unpaired) electrons. The fourth-order valence-corrected chi connectivity index (χ4v) is 4.81. The number of sulfonamides is 1. The Bertz CT molecular complexity index is 477. The summed E-state index contributed by atoms with van der Waals surface area (Å²) >= 11 is 1.27. The van der Waals surface area contributed by atoms with Gasteiger partial charge in [-0.1, -0.05) is 13.8 Å². The second-order valence-corrected chi connectivity index (χ2v) is 7.79. The number of hydrogen-bond acceptors (Lipinski definition) is 4. The molecule has 0 saturated heterocycles. The molecule has 1 aromatic rings. The minimum Gasteiger partial charge on any atom is -0.391 e. The molecule has 18 heavy (non-hydrogen) atoms. The number of rotatable bonds is 6. The molecular formula is C12H21NO3S2. The zero-order valence-electron chi connectivity index (χ0n) is 11.3. The van der Waals surface area contributed by atoms with Crippen molar-refractivity contribution in [1.29, 1.82) is 0 Å². The lowest BCUT2D eigenvalue weighted by Crippen LogP contribution is -2.39. The molecule has 1 rings (SSSR count). The van der Waals surface area contributed by atoms with E-state index in [1.165, 1.54) is 15.6 Å². The zero-order valence-corrected chi connectivity index (χ0v) is 12.9. The number of nitrogens with zero attached hydrogens (tertiary/aromatic N) is 1. The average molecular weight is 291 g/mol. The minimum absolute atomic E-state index is 0.0937. The Kier molecular flexibility index (Phi) is 5.33. The van der Waals surface area contributed by atoms with Crippen LogP contribution in [0.2, 0.25) is 0 Å². The van der Waals surface area contributed by atoms with E-state index in [0.29, 0.717) is 11.4 Å². The molecule has 0 saturated carbocycles. The second-order valence-electron chi connectivity index (χ2n) is 4.93. The van der Waals surface area contributed by atoms with Crippen LogP contribution in [0.1, 0.15) is 32.6 Å². The smallest absolute Gasteiger partial charge is 0.244 e. The number of hydrogen-bond donors (Lipinski definition) is 1. The standard InChI is InChI=1S/C12H21NO3S2/c1-9(2)7-13(10(3)4)18(15,16)12-5-6-17-11(12)8-14/h5-6,9-10,14H,7-8H2,1-4H3. The van der Waals surface area contributed by atoms with E-state index in [4.69, 9.17) is 0 Å². The number of aliphatic hydroxyl groups excluding tert-OH is 1. The van der Waals surface area contributed by atoms with Gasteiger partial charge in [0.05, 0.1) is 11.5 Å². The maximum absolute atomic E-state index is 12.6. The molecule has 0 fully saturated rings. The molecule has 0 aliphatic carbocycles. The first-order valence-electron chi connectivity index (χ1n) is 5.99. The van der Waals surface area contributed by atoms with Crippen LogP contribution in [0.25, 0.3) is 0 Å². The van der Waals surface area contributed by atoms with E-state index in [1.807, 2.05) is 27.7 Å². The predicted molar refractivity (Wildman–Crippen MR) is 74.1 cm³/mol. The summed E-state index contributed by atoms with van der Waals surface area (Å²) in [6.45, 7) is 7.97. The Hall–Kier alpha value is -0.430. The van der Waals surface area contributed by atoms with Crippen LogP contribution >= 0.6 is 11.3 Å². The van der Waals surface area contributed by atoms with Gasteiger partial charge in [-0.05, 0) is 31.2 Å². The summed E-state index contributed by atoms with van der Waals surface area (Å²) in [7, 11) is -3.51. The molecule has 0 bridgehead atoms. The Labute approximate surface area is 113 Å². The maximum atomic E-state index is 12.6. The molecule has 1 aromatic heterocycles. The average Bonchev–Trinajstić information content (AvgIpc) is 2.73. The second kappa shape index (κ2) is 6.14. The van der Waals surface area contributed by atoms with Crippen LogP contribution in [-0.2, 0) is 16.6 Å². The van der Waals surface area contributed by atoms with E-state index in [-0.39, 0.29) is 23.5 Å². The normalized spacial score (nSPS) is 12.9. The van der Waals surface area contributed by atoms with Crippen LogP contribution in [0.5, 0.6) is 0 Å². The van der Waals surface area contributed by atoms with Crippen LogP contribution in [-0.4, -0.2) is 30.4 Å². The Balaban J connectivity index is 3.17. The molecule has 1 N–H and O–H groups in total. The first-order valence-corrected chi connectivity index (χ1v) is 8.31. The third-order valence-electron chi connectivity index (χ3n) is 2.56. The largest absolute Gasteiger partial charge is 0.391 e. The highest BCUT2D eigenvalue weighted by Gasteiger charge is 2.29. The van der Waals surface area contributed by atoms with Crippen molar-refractivity contribution >= 4 is 21.4 Å². The SMILES string of the molecule is CC(C)CN(C(C)C)S(=O)(=O)c1ccsc1CO. The summed E-state index contributed by atoms with van der Waals surface area (Å²) < 4.78 is 26.6. The lowest BCUT2D eigenvalue weighted by atomic mass is 10.2. The quantitative estimate of drug-likeness (QED) is 0.875. The van der Waals surface area contributed by atoms with Gasteiger partial charge in [-0.3, -0.25) is 0 Å². The zero-order chi connectivity index (χ0) is 13.9. The Morgan fingerprint density at radius 2 is 1.94 bits per heavy atom. The van der Waals surface area contributed by atoms with Crippen molar-refractivity contribution in [3.63, 3.8) is 0 Å². The summed E-state index contributed by atoms with van der Waals surface area (Å²) in [5.74, 6) is 0.262. The molecule has 0 atom stereocenters. The van der Waals surface area contributed by atoms with Crippen molar-refractivity contribution in [3.05, 3.63) is 16.3 Å². The monoisotopic (exact) mass is 291 g/mol. The van der Waals surface area contributed by atoms with Gasteiger partial charge in [0.2, 0.25) is 10.0 Å². The first kappa shape index (κ1) is 15.6. The van der Waals surface area contributed by atoms with E-state index in [2.05, 4.69) is 0 Å². The summed E-state index contributed by atoms with van der Waals surface area (Å²) in [6.07, 6.45) is 0. The third-order valence-corrected chi connectivity index (χ3v) is 5.72. The highest BCUT2D eigenvalue weighted by molar-refractivity contribution is 7.89. The van der Waals surface area contributed by atoms with Gasteiger partial charge in [-0.2, -0.15) is 4.31 Å². The van der Waals surface area contributed by atoms with Gasteiger partial charge >= 0.3 is 0 Å². The summed E-state index contributed by atoms with van der Waals surface area (Å²) in [6, 6.07) is 1.48. The van der Waals surface area contributed by atoms with Crippen LogP contribution in [0.15, 0.2) is 16.3 Å². The van der Waals surface area contributed by atoms with Crippen LogP contribution in [0.4, 0.5) is 0 Å². The van der Waals surface area contributed by atoms with Gasteiger partial charge in [0.15, 0.2) is 0 Å². The maximum Gasteiger partial charge on any atom is 0.244 e. The van der Waals surface area contributed by atoms with Crippen LogP contribution < -0.4 is 0 Å². The van der Waals surface area contributed by atoms with Gasteiger partial charge in [-0.25, -0.2) is 8.42 Å². The number of aliphatic hydroxyl groups is 1. The Morgan fingerprint density at radius 1 is 1.33 bits per heavy atom. The minimum atomic E-state index is -3.51. The van der Waals surface area contributed by atoms with Crippen molar-refractivity contribution in [2.45, 2.75) is 45.2 Å². The van der Waals surface area contributed by atoms with Crippen molar-refractivity contribution in [3.8, 4) is 0 Å². The molecule has 4 nitrogen and oxygen atoms in total. The lowest BCUT2D eigenvalue weighted by Gasteiger charge is -2.27. The summed E-state index contributed by atoms with van der Waals surface area (Å²) in [5, 5.41) is 10.9. The van der Waals surface area contributed by atoms with Crippen molar-refractivity contribution in [1.82, 2.24) is 4.31 Å². The van der Waals surface area contributed by atoms with Gasteiger partial charge in [0, 0.05) is 17.5 Å². The molecule has 0 spiro atoms. The van der Waals surface area contributed by atoms with E-state index < -0.39 is 10.0 Å². The van der Waals surface area contributed by atoms with Crippen LogP contribution in [0.3, 0.4) is 0 Å². The molecule has 104 valence electrons. The van der Waals surface area contributed by atoms with E-state index >= 15 is 0 Å². The fraction of sp³-hybridized carbons (Fsp3) is 0.667. The molecule has 1 heterocycles. The topological polar surface area (TPSA) is 57.6 Å². The van der Waals surface area contributed by atoms with Crippen molar-refractivity contribution in [2.24, 2.45) is 5.92 Å². The van der Waals surface area contributed by atoms with E-state index in [1.54, 1.807) is 11.4 Å². The van der Waals surface area contributed by atoms with Gasteiger partial charge < -0.3 is 5.11 Å². The molecule has 0 aromatic carbocycles. The number of thiophene rings is 1. The highest BCUT2D eigenvalue weighted by atomic mass is 32.2. The summed E-state index contributed by atoms with van der Waals surface area (Å²) in [4.78, 5) is 0.744. The molecular weight excluding hydrogens is 270 g/mol. The van der Waals surface area contributed by atoms with Crippen molar-refractivity contribution in [2.75, 3.05) is 6.54 Å². The van der Waals surface area contributed by atoms with Crippen molar-refractivity contribution < 1.29 is 13.5 Å². The van der Waals surface area contributed by atoms with Gasteiger partial charge in [0.1, 0.15) is 0 Å². The lowest BCUT2D eigenvalue weighted by molar-refractivity contribution is 0.281. The molecule has 0 aliphatic heterocycles. The molecule has 6 heteroatoms. The highest BCUT2D eigenvalue weighted by Crippen LogP contribution is 2.27. The van der Waals surface area contributed by atoms with Gasteiger partial charge in [0.25, 0.3) is 0 Å². The van der Waals surface area contributed by atoms with E-state index in [0.717, 1.165) is 0 Å². The van der Waals surface area contributed by atoms with E-state index in [9.17, 15) is 13.5 Å². The molecule has 0 aliphatic rings. The molecule has 0 unspecified atom stereocenters. The van der Waals surface area contributed by atoms with Crippen LogP contribution in [0, 0.1) is 5.92 Å². The fourth-order valence-electron chi connectivity index (χ4n) is 1.75. The Morgan fingerprint density at radius 3 is 2.39 bits per heavy atom. The summed E-state index contributed by atoms with van der Waals surface area (Å²) in [5.41, 5.74) is 0. The predicted octanol–water partition coefficient (Wildman–Crippen LogP) is 2.30. The molecule has 0 amide bonds. The first-order chi connectivity index (χ1) is 8.30. The third kappa shape index (κ3) is 3.32. The van der Waals surface area contributed by atoms with Gasteiger partial charge in [-0.15, -0.1) is 11.3 Å².